The molecule has 158 valence electrons. The van der Waals surface area contributed by atoms with Gasteiger partial charge in [0.1, 0.15) is 11.4 Å². The van der Waals surface area contributed by atoms with Gasteiger partial charge in [0.05, 0.1) is 36.2 Å². The molecule has 0 unspecified atom stereocenters. The summed E-state index contributed by atoms with van der Waals surface area (Å²) in [5.74, 6) is 0.756. The maximum atomic E-state index is 5.65. The summed E-state index contributed by atoms with van der Waals surface area (Å²) in [5.41, 5.74) is 14.3. The second-order valence-corrected chi connectivity index (χ2v) is 7.75. The van der Waals surface area contributed by atoms with Gasteiger partial charge in [0, 0.05) is 53.3 Å². The third kappa shape index (κ3) is 2.84. The minimum absolute atomic E-state index is 0.756. The van der Waals surface area contributed by atoms with Gasteiger partial charge >= 0.3 is 0 Å². The van der Waals surface area contributed by atoms with E-state index in [0.717, 1.165) is 67.7 Å². The molecule has 4 heterocycles. The minimum Gasteiger partial charge on any atom is -0.496 e. The number of ether oxygens (including phenoxy) is 1. The maximum absolute atomic E-state index is 5.65. The first-order valence-electron chi connectivity index (χ1n) is 10.4. The molecule has 1 aliphatic rings. The SMILES string of the molecule is COc1cc2ncc3c(c(-c4ccc(C5=CCNN5)cc4)nn3C)c2cc1-c1cn[nH]c1. The van der Waals surface area contributed by atoms with E-state index >= 15 is 0 Å². The zero-order valence-corrected chi connectivity index (χ0v) is 17.7. The fourth-order valence-corrected chi connectivity index (χ4v) is 4.30. The summed E-state index contributed by atoms with van der Waals surface area (Å²) in [5, 5.41) is 13.9. The topological polar surface area (TPSA) is 92.7 Å². The predicted octanol–water partition coefficient (Wildman–Crippen LogP) is 3.64. The zero-order chi connectivity index (χ0) is 21.7. The van der Waals surface area contributed by atoms with Crippen molar-refractivity contribution in [2.24, 2.45) is 7.05 Å². The van der Waals surface area contributed by atoms with Crippen LogP contribution in [-0.2, 0) is 7.05 Å². The molecule has 3 N–H and O–H groups in total. The average Bonchev–Trinajstić information content (AvgIpc) is 3.60. The van der Waals surface area contributed by atoms with Gasteiger partial charge in [-0.15, -0.1) is 0 Å². The smallest absolute Gasteiger partial charge is 0.128 e. The van der Waals surface area contributed by atoms with Crippen molar-refractivity contribution in [3.8, 4) is 28.1 Å². The van der Waals surface area contributed by atoms with Crippen molar-refractivity contribution in [2.45, 2.75) is 0 Å². The van der Waals surface area contributed by atoms with E-state index in [0.29, 0.717) is 0 Å². The van der Waals surface area contributed by atoms with Crippen molar-refractivity contribution in [3.63, 3.8) is 0 Å². The van der Waals surface area contributed by atoms with Gasteiger partial charge in [-0.2, -0.15) is 10.2 Å². The van der Waals surface area contributed by atoms with Gasteiger partial charge in [-0.3, -0.25) is 14.8 Å². The molecule has 0 bridgehead atoms. The lowest BCUT2D eigenvalue weighted by atomic mass is 9.99. The number of nitrogens with one attached hydrogen (secondary N) is 3. The number of nitrogens with zero attached hydrogens (tertiary/aromatic N) is 4. The Morgan fingerprint density at radius 2 is 1.88 bits per heavy atom. The molecule has 0 saturated heterocycles. The summed E-state index contributed by atoms with van der Waals surface area (Å²) in [6.07, 6.45) is 7.66. The molecule has 0 spiro atoms. The van der Waals surface area contributed by atoms with Crippen molar-refractivity contribution < 1.29 is 4.74 Å². The normalized spacial score (nSPS) is 13.5. The van der Waals surface area contributed by atoms with Crippen LogP contribution >= 0.6 is 0 Å². The Bertz CT molecular complexity index is 1480. The number of methoxy groups -OCH3 is 1. The summed E-state index contributed by atoms with van der Waals surface area (Å²) >= 11 is 0. The van der Waals surface area contributed by atoms with E-state index in [1.807, 2.05) is 30.2 Å². The molecule has 0 amide bonds. The summed E-state index contributed by atoms with van der Waals surface area (Å²) < 4.78 is 7.54. The second-order valence-electron chi connectivity index (χ2n) is 7.75. The highest BCUT2D eigenvalue weighted by Crippen LogP contribution is 2.39. The van der Waals surface area contributed by atoms with Gasteiger partial charge < -0.3 is 10.2 Å². The lowest BCUT2D eigenvalue weighted by Crippen LogP contribution is -2.22. The van der Waals surface area contributed by atoms with Crippen LogP contribution in [0.2, 0.25) is 0 Å². The van der Waals surface area contributed by atoms with Gasteiger partial charge in [0.15, 0.2) is 0 Å². The molecular weight excluding hydrogens is 402 g/mol. The van der Waals surface area contributed by atoms with Crippen molar-refractivity contribution in [2.75, 3.05) is 13.7 Å². The molecule has 32 heavy (non-hydrogen) atoms. The van der Waals surface area contributed by atoms with Crippen molar-refractivity contribution >= 4 is 27.5 Å². The number of aromatic nitrogens is 5. The monoisotopic (exact) mass is 423 g/mol. The molecular formula is C24H21N7O. The quantitative estimate of drug-likeness (QED) is 0.409. The molecule has 1 aliphatic heterocycles. The molecule has 0 fully saturated rings. The molecule has 8 heteroatoms. The van der Waals surface area contributed by atoms with Crippen LogP contribution < -0.4 is 15.6 Å². The molecule has 6 rings (SSSR count). The fourth-order valence-electron chi connectivity index (χ4n) is 4.30. The molecule has 0 radical (unpaired) electrons. The Hall–Kier alpha value is -4.17. The lowest BCUT2D eigenvalue weighted by molar-refractivity contribution is 0.417. The molecule has 3 aromatic heterocycles. The number of aryl methyl sites for hydroxylation is 1. The largest absolute Gasteiger partial charge is 0.496 e. The third-order valence-electron chi connectivity index (χ3n) is 5.91. The van der Waals surface area contributed by atoms with Crippen LogP contribution in [0.4, 0.5) is 0 Å². The number of H-pyrrole nitrogens is 1. The number of hydrogen-bond acceptors (Lipinski definition) is 6. The van der Waals surface area contributed by atoms with Crippen molar-refractivity contribution in [1.82, 2.24) is 35.8 Å². The summed E-state index contributed by atoms with van der Waals surface area (Å²) in [7, 11) is 3.62. The Morgan fingerprint density at radius 1 is 1.03 bits per heavy atom. The van der Waals surface area contributed by atoms with Crippen LogP contribution in [0, 0.1) is 0 Å². The van der Waals surface area contributed by atoms with Gasteiger partial charge in [-0.25, -0.2) is 5.43 Å². The Morgan fingerprint density at radius 3 is 2.59 bits per heavy atom. The van der Waals surface area contributed by atoms with E-state index in [9.17, 15) is 0 Å². The molecule has 2 aromatic carbocycles. The highest BCUT2D eigenvalue weighted by molar-refractivity contribution is 6.12. The molecule has 0 saturated carbocycles. The van der Waals surface area contributed by atoms with Gasteiger partial charge in [0.25, 0.3) is 0 Å². The van der Waals surface area contributed by atoms with Crippen LogP contribution in [0.15, 0.2) is 61.1 Å². The highest BCUT2D eigenvalue weighted by Gasteiger charge is 2.18. The van der Waals surface area contributed by atoms with E-state index in [2.05, 4.69) is 62.4 Å². The van der Waals surface area contributed by atoms with E-state index in [4.69, 9.17) is 9.84 Å². The number of pyridine rings is 1. The molecule has 0 atom stereocenters. The van der Waals surface area contributed by atoms with E-state index < -0.39 is 0 Å². The second kappa shape index (κ2) is 7.21. The van der Waals surface area contributed by atoms with Crippen LogP contribution in [0.5, 0.6) is 5.75 Å². The van der Waals surface area contributed by atoms with Crippen molar-refractivity contribution in [3.05, 3.63) is 66.6 Å². The molecule has 8 nitrogen and oxygen atoms in total. The zero-order valence-electron chi connectivity index (χ0n) is 17.7. The number of rotatable bonds is 4. The van der Waals surface area contributed by atoms with Gasteiger partial charge in [-0.05, 0) is 17.7 Å². The minimum atomic E-state index is 0.756. The Kier molecular flexibility index (Phi) is 4.19. The average molecular weight is 423 g/mol. The number of hydrazine groups is 1. The van der Waals surface area contributed by atoms with Crippen LogP contribution in [-0.4, -0.2) is 38.6 Å². The Labute approximate surface area is 183 Å². The highest BCUT2D eigenvalue weighted by atomic mass is 16.5. The number of aromatic amines is 1. The first-order valence-corrected chi connectivity index (χ1v) is 10.4. The van der Waals surface area contributed by atoms with Crippen molar-refractivity contribution in [1.29, 1.82) is 0 Å². The summed E-state index contributed by atoms with van der Waals surface area (Å²) in [6, 6.07) is 12.6. The van der Waals surface area contributed by atoms with Gasteiger partial charge in [0.2, 0.25) is 0 Å². The number of fused-ring (bicyclic) bond motifs is 3. The maximum Gasteiger partial charge on any atom is 0.128 e. The van der Waals surface area contributed by atoms with E-state index in [1.165, 1.54) is 0 Å². The van der Waals surface area contributed by atoms with E-state index in [1.54, 1.807) is 13.3 Å². The molecule has 0 aliphatic carbocycles. The summed E-state index contributed by atoms with van der Waals surface area (Å²) in [6.45, 7) is 0.823. The van der Waals surface area contributed by atoms with Crippen LogP contribution in [0.25, 0.3) is 49.9 Å². The molecule has 5 aromatic rings. The van der Waals surface area contributed by atoms with Crippen LogP contribution in [0.3, 0.4) is 0 Å². The van der Waals surface area contributed by atoms with Crippen LogP contribution in [0.1, 0.15) is 5.56 Å². The van der Waals surface area contributed by atoms with E-state index in [-0.39, 0.29) is 0 Å². The third-order valence-corrected chi connectivity index (χ3v) is 5.91. The number of hydrogen-bond donors (Lipinski definition) is 3. The Balaban J connectivity index is 1.58. The predicted molar refractivity (Wildman–Crippen MR) is 125 cm³/mol. The lowest BCUT2D eigenvalue weighted by Gasteiger charge is -2.10. The summed E-state index contributed by atoms with van der Waals surface area (Å²) in [4.78, 5) is 4.69. The first kappa shape index (κ1) is 18.6. The van der Waals surface area contributed by atoms with Gasteiger partial charge in [-0.1, -0.05) is 24.3 Å². The standard InChI is InChI=1S/C24H21N7O/c1-31-21-13-25-20-10-22(32-2)17(16-11-27-28-12-16)9-18(20)23(21)24(30-31)15-5-3-14(4-6-15)19-7-8-26-29-19/h3-7,9-13,26,29H,8H2,1-2H3,(H,27,28). The first-order chi connectivity index (χ1) is 15.7. The fraction of sp³-hybridized carbons (Fsp3) is 0.125. The number of benzene rings is 2.